The number of nitrogens with one attached hydrogen (secondary N) is 1. The fourth-order valence-electron chi connectivity index (χ4n) is 2.79. The van der Waals surface area contributed by atoms with Gasteiger partial charge < -0.3 is 5.32 Å². The Morgan fingerprint density at radius 3 is 2.67 bits per heavy atom. The average molecular weight is 368 g/mol. The molecular weight excluding hydrogens is 351 g/mol. The quantitative estimate of drug-likeness (QED) is 0.547. The Labute approximate surface area is 154 Å². The lowest BCUT2D eigenvalue weighted by Crippen LogP contribution is -2.13. The number of hydrogen-bond donors (Lipinski definition) is 1. The van der Waals surface area contributed by atoms with Gasteiger partial charge in [0.2, 0.25) is 0 Å². The van der Waals surface area contributed by atoms with Crippen LogP contribution in [-0.2, 0) is 6.54 Å². The van der Waals surface area contributed by atoms with Crippen molar-refractivity contribution in [3.8, 4) is 0 Å². The molecule has 1 heterocycles. The molecule has 8 heteroatoms. The monoisotopic (exact) mass is 368 g/mol. The third-order valence-electron chi connectivity index (χ3n) is 4.16. The molecule has 0 bridgehead atoms. The number of aryl methyl sites for hydroxylation is 1. The summed E-state index contributed by atoms with van der Waals surface area (Å²) in [6.07, 6.45) is 0. The number of benzene rings is 2. The van der Waals surface area contributed by atoms with E-state index in [0.717, 1.165) is 5.56 Å². The van der Waals surface area contributed by atoms with E-state index in [2.05, 4.69) is 10.4 Å². The number of carbonyl (C=O) groups is 1. The summed E-state index contributed by atoms with van der Waals surface area (Å²) in [5.41, 5.74) is 2.61. The van der Waals surface area contributed by atoms with Gasteiger partial charge in [-0.3, -0.25) is 19.6 Å². The largest absolute Gasteiger partial charge is 0.319 e. The zero-order valence-corrected chi connectivity index (χ0v) is 14.8. The standard InChI is InChI=1S/C19H17FN4O3/c1-12-18(21-19(25)15-6-4-8-17(10-15)24(26)27)13(2)23(22-12)11-14-5-3-7-16(20)9-14/h3-10H,11H2,1-2H3,(H,21,25). The van der Waals surface area contributed by atoms with Gasteiger partial charge in [-0.15, -0.1) is 0 Å². The maximum atomic E-state index is 13.4. The molecule has 0 radical (unpaired) electrons. The SMILES string of the molecule is Cc1nn(Cc2cccc(F)c2)c(C)c1NC(=O)c1cccc([N+](=O)[O-])c1. The Morgan fingerprint density at radius 1 is 1.22 bits per heavy atom. The van der Waals surface area contributed by atoms with E-state index < -0.39 is 10.8 Å². The molecule has 2 aromatic carbocycles. The average Bonchev–Trinajstić information content (AvgIpc) is 2.89. The number of aromatic nitrogens is 2. The van der Waals surface area contributed by atoms with Gasteiger partial charge in [-0.05, 0) is 37.6 Å². The first-order chi connectivity index (χ1) is 12.8. The summed E-state index contributed by atoms with van der Waals surface area (Å²) in [4.78, 5) is 22.8. The van der Waals surface area contributed by atoms with E-state index in [-0.39, 0.29) is 17.1 Å². The Bertz CT molecular complexity index is 1030. The van der Waals surface area contributed by atoms with Crippen molar-refractivity contribution in [1.82, 2.24) is 9.78 Å². The number of nitrogens with zero attached hydrogens (tertiary/aromatic N) is 3. The van der Waals surface area contributed by atoms with Crippen LogP contribution in [0.25, 0.3) is 0 Å². The van der Waals surface area contributed by atoms with E-state index in [0.29, 0.717) is 23.6 Å². The number of rotatable bonds is 5. The van der Waals surface area contributed by atoms with Crippen LogP contribution in [0.1, 0.15) is 27.3 Å². The number of carbonyl (C=O) groups excluding carboxylic acids is 1. The number of anilines is 1. The number of nitro benzene ring substituents is 1. The molecule has 0 spiro atoms. The molecule has 1 N–H and O–H groups in total. The highest BCUT2D eigenvalue weighted by molar-refractivity contribution is 6.05. The van der Waals surface area contributed by atoms with E-state index in [1.807, 2.05) is 0 Å². The molecule has 0 fully saturated rings. The molecule has 0 atom stereocenters. The van der Waals surface area contributed by atoms with Gasteiger partial charge in [0.05, 0.1) is 28.5 Å². The zero-order valence-electron chi connectivity index (χ0n) is 14.8. The molecule has 3 aromatic rings. The van der Waals surface area contributed by atoms with Gasteiger partial charge in [0.25, 0.3) is 11.6 Å². The Balaban J connectivity index is 1.83. The molecule has 0 unspecified atom stereocenters. The molecule has 0 aliphatic rings. The van der Waals surface area contributed by atoms with Crippen LogP contribution in [0.2, 0.25) is 0 Å². The fourth-order valence-corrected chi connectivity index (χ4v) is 2.79. The van der Waals surface area contributed by atoms with Crippen molar-refractivity contribution >= 4 is 17.3 Å². The second-order valence-corrected chi connectivity index (χ2v) is 6.09. The summed E-state index contributed by atoms with van der Waals surface area (Å²) in [6, 6.07) is 11.7. The van der Waals surface area contributed by atoms with Crippen molar-refractivity contribution in [2.45, 2.75) is 20.4 Å². The fraction of sp³-hybridized carbons (Fsp3) is 0.158. The van der Waals surface area contributed by atoms with Crippen molar-refractivity contribution in [2.24, 2.45) is 0 Å². The van der Waals surface area contributed by atoms with Crippen LogP contribution in [0, 0.1) is 29.8 Å². The minimum atomic E-state index is -0.551. The van der Waals surface area contributed by atoms with Crippen LogP contribution in [0.3, 0.4) is 0 Å². The van der Waals surface area contributed by atoms with Crippen molar-refractivity contribution in [1.29, 1.82) is 0 Å². The molecule has 138 valence electrons. The van der Waals surface area contributed by atoms with Crippen LogP contribution in [0.5, 0.6) is 0 Å². The van der Waals surface area contributed by atoms with Gasteiger partial charge >= 0.3 is 0 Å². The number of non-ortho nitro benzene ring substituents is 1. The lowest BCUT2D eigenvalue weighted by Gasteiger charge is -2.07. The van der Waals surface area contributed by atoms with Crippen molar-refractivity contribution in [3.05, 3.63) is 87.0 Å². The second kappa shape index (κ2) is 7.36. The highest BCUT2D eigenvalue weighted by Gasteiger charge is 2.17. The van der Waals surface area contributed by atoms with Crippen molar-refractivity contribution in [3.63, 3.8) is 0 Å². The van der Waals surface area contributed by atoms with Crippen molar-refractivity contribution in [2.75, 3.05) is 5.32 Å². The molecule has 7 nitrogen and oxygen atoms in total. The minimum Gasteiger partial charge on any atom is -0.319 e. The predicted molar refractivity (Wildman–Crippen MR) is 98.3 cm³/mol. The molecule has 1 aromatic heterocycles. The summed E-state index contributed by atoms with van der Waals surface area (Å²) in [5, 5.41) is 18.0. The highest BCUT2D eigenvalue weighted by atomic mass is 19.1. The Morgan fingerprint density at radius 2 is 1.96 bits per heavy atom. The van der Waals surface area contributed by atoms with Crippen LogP contribution < -0.4 is 5.32 Å². The van der Waals surface area contributed by atoms with E-state index in [1.165, 1.54) is 36.4 Å². The summed E-state index contributed by atoms with van der Waals surface area (Å²) in [6.45, 7) is 3.90. The first-order valence-electron chi connectivity index (χ1n) is 8.19. The number of nitro groups is 1. The van der Waals surface area contributed by atoms with Crippen LogP contribution in [-0.4, -0.2) is 20.6 Å². The van der Waals surface area contributed by atoms with Gasteiger partial charge in [0.15, 0.2) is 0 Å². The first-order valence-corrected chi connectivity index (χ1v) is 8.19. The predicted octanol–water partition coefficient (Wildman–Crippen LogP) is 3.85. The molecule has 0 saturated heterocycles. The number of amides is 1. The topological polar surface area (TPSA) is 90.1 Å². The summed E-state index contributed by atoms with van der Waals surface area (Å²) in [7, 11) is 0. The zero-order chi connectivity index (χ0) is 19.6. The van der Waals surface area contributed by atoms with E-state index >= 15 is 0 Å². The number of halogens is 1. The molecule has 0 saturated carbocycles. The number of hydrogen-bond acceptors (Lipinski definition) is 4. The van der Waals surface area contributed by atoms with Gasteiger partial charge in [-0.2, -0.15) is 5.10 Å². The van der Waals surface area contributed by atoms with Crippen LogP contribution >= 0.6 is 0 Å². The molecule has 0 aliphatic carbocycles. The smallest absolute Gasteiger partial charge is 0.270 e. The Hall–Kier alpha value is -3.55. The van der Waals surface area contributed by atoms with Gasteiger partial charge in [-0.25, -0.2) is 4.39 Å². The van der Waals surface area contributed by atoms with Gasteiger partial charge in [0.1, 0.15) is 5.82 Å². The van der Waals surface area contributed by atoms with Crippen LogP contribution in [0.4, 0.5) is 15.8 Å². The third kappa shape index (κ3) is 4.00. The first kappa shape index (κ1) is 18.2. The molecule has 27 heavy (non-hydrogen) atoms. The maximum Gasteiger partial charge on any atom is 0.270 e. The minimum absolute atomic E-state index is 0.155. The lowest BCUT2D eigenvalue weighted by molar-refractivity contribution is -0.384. The highest BCUT2D eigenvalue weighted by Crippen LogP contribution is 2.22. The summed E-state index contributed by atoms with van der Waals surface area (Å²) < 4.78 is 15.0. The van der Waals surface area contributed by atoms with Gasteiger partial charge in [-0.1, -0.05) is 18.2 Å². The van der Waals surface area contributed by atoms with E-state index in [4.69, 9.17) is 0 Å². The molecule has 1 amide bonds. The van der Waals surface area contributed by atoms with E-state index in [1.54, 1.807) is 30.7 Å². The molecule has 0 aliphatic heterocycles. The van der Waals surface area contributed by atoms with Gasteiger partial charge in [0, 0.05) is 17.7 Å². The van der Waals surface area contributed by atoms with E-state index in [9.17, 15) is 19.3 Å². The maximum absolute atomic E-state index is 13.4. The van der Waals surface area contributed by atoms with Crippen molar-refractivity contribution < 1.29 is 14.1 Å². The third-order valence-corrected chi connectivity index (χ3v) is 4.16. The normalized spacial score (nSPS) is 10.6. The summed E-state index contributed by atoms with van der Waals surface area (Å²) >= 11 is 0. The lowest BCUT2D eigenvalue weighted by atomic mass is 10.2. The summed E-state index contributed by atoms with van der Waals surface area (Å²) in [5.74, 6) is -0.788. The Kier molecular flexibility index (Phi) is 4.98. The molecule has 3 rings (SSSR count). The second-order valence-electron chi connectivity index (χ2n) is 6.09. The van der Waals surface area contributed by atoms with Crippen LogP contribution in [0.15, 0.2) is 48.5 Å². The molecular formula is C19H17FN4O3.